The number of hydrogen-bond donors (Lipinski definition) is 1. The van der Waals surface area contributed by atoms with E-state index in [9.17, 15) is 18.0 Å². The molecule has 1 aliphatic rings. The van der Waals surface area contributed by atoms with Gasteiger partial charge in [-0.05, 0) is 49.2 Å². The number of carbonyl (C=O) groups excluding carboxylic acids is 2. The Morgan fingerprint density at radius 2 is 1.78 bits per heavy atom. The van der Waals surface area contributed by atoms with Crippen LogP contribution in [0.4, 0.5) is 11.4 Å². The number of hydrogen-bond acceptors (Lipinski definition) is 5. The lowest BCUT2D eigenvalue weighted by molar-refractivity contribution is 0.0600. The summed E-state index contributed by atoms with van der Waals surface area (Å²) in [7, 11) is -2.06. The molecule has 1 fully saturated rings. The molecule has 27 heavy (non-hydrogen) atoms. The predicted molar refractivity (Wildman–Crippen MR) is 103 cm³/mol. The zero-order valence-electron chi connectivity index (χ0n) is 14.8. The Hall–Kier alpha value is -2.87. The molecule has 0 saturated carbocycles. The maximum absolute atomic E-state index is 12.6. The van der Waals surface area contributed by atoms with Gasteiger partial charge in [0.15, 0.2) is 0 Å². The maximum Gasteiger partial charge on any atom is 0.337 e. The van der Waals surface area contributed by atoms with E-state index in [0.717, 1.165) is 6.42 Å². The molecular weight excluding hydrogens is 368 g/mol. The van der Waals surface area contributed by atoms with Crippen LogP contribution in [0.15, 0.2) is 48.5 Å². The summed E-state index contributed by atoms with van der Waals surface area (Å²) in [5.74, 6) is -0.777. The van der Waals surface area contributed by atoms with E-state index in [1.54, 1.807) is 42.5 Å². The summed E-state index contributed by atoms with van der Waals surface area (Å²) < 4.78 is 30.6. The van der Waals surface area contributed by atoms with E-state index in [2.05, 4.69) is 10.1 Å². The van der Waals surface area contributed by atoms with Crippen LogP contribution in [0, 0.1) is 0 Å². The maximum atomic E-state index is 12.6. The molecule has 142 valence electrons. The highest BCUT2D eigenvalue weighted by Crippen LogP contribution is 2.24. The highest BCUT2D eigenvalue weighted by molar-refractivity contribution is 7.92. The predicted octanol–water partition coefficient (Wildman–Crippen LogP) is 2.66. The number of amides is 1. The summed E-state index contributed by atoms with van der Waals surface area (Å²) in [5, 5.41) is 2.71. The molecule has 1 saturated heterocycles. The van der Waals surface area contributed by atoms with Crippen molar-refractivity contribution in [3.63, 3.8) is 0 Å². The number of carbonyl (C=O) groups is 2. The Morgan fingerprint density at radius 3 is 2.52 bits per heavy atom. The number of nitrogens with zero attached hydrogens (tertiary/aromatic N) is 1. The molecular formula is C19H20N2O5S. The van der Waals surface area contributed by atoms with Crippen molar-refractivity contribution in [3.05, 3.63) is 59.7 Å². The van der Waals surface area contributed by atoms with Crippen molar-refractivity contribution >= 4 is 33.3 Å². The molecule has 0 aromatic heterocycles. The lowest BCUT2D eigenvalue weighted by atomic mass is 10.1. The Labute approximate surface area is 158 Å². The Balaban J connectivity index is 1.81. The molecule has 2 aromatic carbocycles. The highest BCUT2D eigenvalue weighted by atomic mass is 32.2. The average Bonchev–Trinajstić information content (AvgIpc) is 2.67. The molecule has 1 N–H and O–H groups in total. The zero-order valence-corrected chi connectivity index (χ0v) is 15.7. The van der Waals surface area contributed by atoms with Gasteiger partial charge in [-0.1, -0.05) is 12.1 Å². The van der Waals surface area contributed by atoms with Crippen molar-refractivity contribution in [1.82, 2.24) is 0 Å². The quantitative estimate of drug-likeness (QED) is 0.813. The van der Waals surface area contributed by atoms with Gasteiger partial charge >= 0.3 is 5.97 Å². The average molecular weight is 388 g/mol. The molecule has 1 heterocycles. The van der Waals surface area contributed by atoms with Crippen LogP contribution in [-0.4, -0.2) is 39.7 Å². The first-order valence-electron chi connectivity index (χ1n) is 8.51. The largest absolute Gasteiger partial charge is 0.465 e. The molecule has 1 amide bonds. The van der Waals surface area contributed by atoms with Gasteiger partial charge in [0.05, 0.1) is 24.1 Å². The fourth-order valence-corrected chi connectivity index (χ4v) is 4.56. The van der Waals surface area contributed by atoms with E-state index < -0.39 is 21.9 Å². The van der Waals surface area contributed by atoms with Crippen molar-refractivity contribution in [2.24, 2.45) is 0 Å². The molecule has 0 atom stereocenters. The van der Waals surface area contributed by atoms with Crippen molar-refractivity contribution in [3.8, 4) is 0 Å². The van der Waals surface area contributed by atoms with Crippen LogP contribution in [0.2, 0.25) is 0 Å². The van der Waals surface area contributed by atoms with Crippen LogP contribution in [0.1, 0.15) is 33.6 Å². The Morgan fingerprint density at radius 1 is 1.04 bits per heavy atom. The highest BCUT2D eigenvalue weighted by Gasteiger charge is 2.26. The fraction of sp³-hybridized carbons (Fsp3) is 0.263. The van der Waals surface area contributed by atoms with Gasteiger partial charge in [0.2, 0.25) is 10.0 Å². The third kappa shape index (κ3) is 4.28. The Bertz CT molecular complexity index is 972. The molecule has 8 heteroatoms. The van der Waals surface area contributed by atoms with Gasteiger partial charge in [0, 0.05) is 17.8 Å². The summed E-state index contributed by atoms with van der Waals surface area (Å²) >= 11 is 0. The molecule has 1 aliphatic heterocycles. The van der Waals surface area contributed by atoms with E-state index in [-0.39, 0.29) is 5.75 Å². The number of ether oxygens (including phenoxy) is 1. The van der Waals surface area contributed by atoms with Gasteiger partial charge in [0.1, 0.15) is 0 Å². The summed E-state index contributed by atoms with van der Waals surface area (Å²) in [6.07, 6.45) is 1.44. The lowest BCUT2D eigenvalue weighted by Crippen LogP contribution is -2.37. The lowest BCUT2D eigenvalue weighted by Gasteiger charge is -2.28. The minimum Gasteiger partial charge on any atom is -0.465 e. The van der Waals surface area contributed by atoms with E-state index in [4.69, 9.17) is 0 Å². The summed E-state index contributed by atoms with van der Waals surface area (Å²) in [5.41, 5.74) is 1.57. The second kappa shape index (κ2) is 7.79. The summed E-state index contributed by atoms with van der Waals surface area (Å²) in [6.45, 7) is 0.411. The first-order valence-corrected chi connectivity index (χ1v) is 10.1. The summed E-state index contributed by atoms with van der Waals surface area (Å²) in [6, 6.07) is 12.9. The number of esters is 1. The first kappa shape index (κ1) is 18.9. The minimum atomic E-state index is -3.35. The van der Waals surface area contributed by atoms with Crippen molar-refractivity contribution < 1.29 is 22.7 Å². The number of anilines is 2. The fourth-order valence-electron chi connectivity index (χ4n) is 2.93. The molecule has 0 spiro atoms. The number of methoxy groups -OCH3 is 1. The van der Waals surface area contributed by atoms with Gasteiger partial charge in [0.25, 0.3) is 5.91 Å². The topological polar surface area (TPSA) is 92.8 Å². The monoisotopic (exact) mass is 388 g/mol. The van der Waals surface area contributed by atoms with Crippen LogP contribution >= 0.6 is 0 Å². The molecule has 0 bridgehead atoms. The van der Waals surface area contributed by atoms with Crippen molar-refractivity contribution in [2.75, 3.05) is 29.0 Å². The van der Waals surface area contributed by atoms with Gasteiger partial charge in [-0.15, -0.1) is 0 Å². The number of rotatable bonds is 4. The molecule has 0 aliphatic carbocycles. The van der Waals surface area contributed by atoms with Crippen LogP contribution in [0.3, 0.4) is 0 Å². The SMILES string of the molecule is COC(=O)c1cccc(NC(=O)c2cccc(N3CCCCS3(=O)=O)c2)c1. The second-order valence-corrected chi connectivity index (χ2v) is 8.18. The van der Waals surface area contributed by atoms with E-state index >= 15 is 0 Å². The normalized spacial score (nSPS) is 15.8. The second-order valence-electron chi connectivity index (χ2n) is 6.17. The van der Waals surface area contributed by atoms with Crippen LogP contribution < -0.4 is 9.62 Å². The third-order valence-corrected chi connectivity index (χ3v) is 6.16. The van der Waals surface area contributed by atoms with Gasteiger partial charge < -0.3 is 10.1 Å². The molecule has 3 rings (SSSR count). The number of benzene rings is 2. The zero-order chi connectivity index (χ0) is 19.4. The number of nitrogens with one attached hydrogen (secondary N) is 1. The first-order chi connectivity index (χ1) is 12.9. The van der Waals surface area contributed by atoms with Gasteiger partial charge in [-0.2, -0.15) is 0 Å². The smallest absolute Gasteiger partial charge is 0.337 e. The van der Waals surface area contributed by atoms with Crippen molar-refractivity contribution in [1.29, 1.82) is 0 Å². The van der Waals surface area contributed by atoms with E-state index in [1.165, 1.54) is 17.5 Å². The van der Waals surface area contributed by atoms with Gasteiger partial charge in [-0.25, -0.2) is 13.2 Å². The Kier molecular flexibility index (Phi) is 5.46. The third-order valence-electron chi connectivity index (χ3n) is 4.29. The standard InChI is InChI=1S/C19H20N2O5S/c1-26-19(23)15-7-4-8-16(12-15)20-18(22)14-6-5-9-17(13-14)21-10-2-3-11-27(21,24)25/h4-9,12-13H,2-3,10-11H2,1H3,(H,20,22). The van der Waals surface area contributed by atoms with Crippen LogP contribution in [-0.2, 0) is 14.8 Å². The molecule has 0 unspecified atom stereocenters. The number of sulfonamides is 1. The van der Waals surface area contributed by atoms with Crippen LogP contribution in [0.25, 0.3) is 0 Å². The van der Waals surface area contributed by atoms with Gasteiger partial charge in [-0.3, -0.25) is 9.10 Å². The molecule has 0 radical (unpaired) electrons. The molecule has 7 nitrogen and oxygen atoms in total. The van der Waals surface area contributed by atoms with E-state index in [0.29, 0.717) is 35.5 Å². The minimum absolute atomic E-state index is 0.115. The molecule has 2 aromatic rings. The van der Waals surface area contributed by atoms with E-state index in [1.807, 2.05) is 0 Å². The van der Waals surface area contributed by atoms with Crippen LogP contribution in [0.5, 0.6) is 0 Å². The van der Waals surface area contributed by atoms with Crippen molar-refractivity contribution in [2.45, 2.75) is 12.8 Å². The summed E-state index contributed by atoms with van der Waals surface area (Å²) in [4.78, 5) is 24.2.